The summed E-state index contributed by atoms with van der Waals surface area (Å²) in [4.78, 5) is 8.50. The van der Waals surface area contributed by atoms with Crippen LogP contribution < -0.4 is 10.6 Å². The van der Waals surface area contributed by atoms with Crippen LogP contribution in [0.2, 0.25) is 0 Å². The third kappa shape index (κ3) is 2.45. The lowest BCUT2D eigenvalue weighted by molar-refractivity contribution is 0.520. The highest BCUT2D eigenvalue weighted by Crippen LogP contribution is 2.48. The SMILES string of the molecule is CCC1(CNc2nc(NC)ncc2Br)CC1. The molecule has 0 radical (unpaired) electrons. The minimum absolute atomic E-state index is 0.518. The molecule has 1 aromatic rings. The number of rotatable bonds is 5. The van der Waals surface area contributed by atoms with Gasteiger partial charge in [0.25, 0.3) is 0 Å². The van der Waals surface area contributed by atoms with Crippen molar-refractivity contribution in [3.8, 4) is 0 Å². The van der Waals surface area contributed by atoms with Gasteiger partial charge in [-0.3, -0.25) is 0 Å². The maximum absolute atomic E-state index is 4.38. The average Bonchev–Trinajstić information content (AvgIpc) is 3.09. The first-order valence-corrected chi connectivity index (χ1v) is 6.42. The van der Waals surface area contributed by atoms with E-state index in [2.05, 4.69) is 43.5 Å². The molecule has 4 nitrogen and oxygen atoms in total. The fourth-order valence-electron chi connectivity index (χ4n) is 1.71. The van der Waals surface area contributed by atoms with Crippen LogP contribution in [0.4, 0.5) is 11.8 Å². The Labute approximate surface area is 104 Å². The first kappa shape index (κ1) is 11.6. The molecule has 0 bridgehead atoms. The van der Waals surface area contributed by atoms with Crippen molar-refractivity contribution in [1.82, 2.24) is 9.97 Å². The van der Waals surface area contributed by atoms with Crippen molar-refractivity contribution >= 4 is 27.7 Å². The molecule has 0 atom stereocenters. The highest BCUT2D eigenvalue weighted by Gasteiger charge is 2.40. The van der Waals surface area contributed by atoms with Gasteiger partial charge in [0.1, 0.15) is 5.82 Å². The van der Waals surface area contributed by atoms with Crippen LogP contribution in [0.25, 0.3) is 0 Å². The first-order valence-electron chi connectivity index (χ1n) is 5.63. The Balaban J connectivity index is 2.03. The summed E-state index contributed by atoms with van der Waals surface area (Å²) in [6.45, 7) is 3.25. The Morgan fingerprint density at radius 3 is 2.81 bits per heavy atom. The molecule has 2 N–H and O–H groups in total. The van der Waals surface area contributed by atoms with Gasteiger partial charge in [-0.15, -0.1) is 0 Å². The van der Waals surface area contributed by atoms with E-state index >= 15 is 0 Å². The minimum atomic E-state index is 0.518. The van der Waals surface area contributed by atoms with Gasteiger partial charge in [0.15, 0.2) is 0 Å². The molecule has 1 aliphatic carbocycles. The average molecular weight is 285 g/mol. The van der Waals surface area contributed by atoms with Gasteiger partial charge >= 0.3 is 0 Å². The quantitative estimate of drug-likeness (QED) is 0.873. The third-order valence-corrected chi connectivity index (χ3v) is 3.89. The van der Waals surface area contributed by atoms with Gasteiger partial charge in [0, 0.05) is 19.8 Å². The molecule has 2 rings (SSSR count). The Bertz CT molecular complexity index is 376. The summed E-state index contributed by atoms with van der Waals surface area (Å²) in [6, 6.07) is 0. The molecule has 0 amide bonds. The number of halogens is 1. The molecule has 1 aliphatic rings. The number of nitrogens with zero attached hydrogens (tertiary/aromatic N) is 2. The molecule has 0 spiro atoms. The van der Waals surface area contributed by atoms with Crippen LogP contribution in [0.3, 0.4) is 0 Å². The molecule has 5 heteroatoms. The largest absolute Gasteiger partial charge is 0.368 e. The molecule has 1 fully saturated rings. The predicted molar refractivity (Wildman–Crippen MR) is 69.7 cm³/mol. The molecular weight excluding hydrogens is 268 g/mol. The lowest BCUT2D eigenvalue weighted by atomic mass is 10.0. The molecule has 88 valence electrons. The molecule has 0 saturated heterocycles. The van der Waals surface area contributed by atoms with Gasteiger partial charge in [-0.25, -0.2) is 4.98 Å². The third-order valence-electron chi connectivity index (χ3n) is 3.31. The Kier molecular flexibility index (Phi) is 3.33. The number of aromatic nitrogens is 2. The van der Waals surface area contributed by atoms with E-state index in [0.29, 0.717) is 11.4 Å². The van der Waals surface area contributed by atoms with Gasteiger partial charge in [-0.05, 0) is 40.6 Å². The second-order valence-corrected chi connectivity index (χ2v) is 5.20. The predicted octanol–water partition coefficient (Wildman–Crippen LogP) is 2.88. The fraction of sp³-hybridized carbons (Fsp3) is 0.636. The highest BCUT2D eigenvalue weighted by molar-refractivity contribution is 9.10. The van der Waals surface area contributed by atoms with Crippen molar-refractivity contribution in [2.24, 2.45) is 5.41 Å². The molecule has 1 heterocycles. The number of anilines is 2. The molecule has 0 aromatic carbocycles. The summed E-state index contributed by atoms with van der Waals surface area (Å²) < 4.78 is 0.915. The zero-order valence-corrected chi connectivity index (χ0v) is 11.3. The van der Waals surface area contributed by atoms with Crippen molar-refractivity contribution in [3.63, 3.8) is 0 Å². The van der Waals surface area contributed by atoms with Gasteiger partial charge in [0.2, 0.25) is 5.95 Å². The molecule has 0 unspecified atom stereocenters. The van der Waals surface area contributed by atoms with Crippen molar-refractivity contribution in [3.05, 3.63) is 10.7 Å². The molecular formula is C11H17BrN4. The van der Waals surface area contributed by atoms with E-state index in [1.54, 1.807) is 6.20 Å². The summed E-state index contributed by atoms with van der Waals surface area (Å²) in [5, 5.41) is 6.34. The maximum atomic E-state index is 4.38. The van der Waals surface area contributed by atoms with Gasteiger partial charge in [0.05, 0.1) is 4.47 Å². The van der Waals surface area contributed by atoms with E-state index in [1.165, 1.54) is 19.3 Å². The minimum Gasteiger partial charge on any atom is -0.368 e. The first-order chi connectivity index (χ1) is 7.69. The van der Waals surface area contributed by atoms with Crippen molar-refractivity contribution in [1.29, 1.82) is 0 Å². The van der Waals surface area contributed by atoms with Gasteiger partial charge in [-0.2, -0.15) is 4.98 Å². The van der Waals surface area contributed by atoms with Gasteiger partial charge < -0.3 is 10.6 Å². The van der Waals surface area contributed by atoms with Crippen molar-refractivity contribution < 1.29 is 0 Å². The van der Waals surface area contributed by atoms with Crippen LogP contribution in [0.15, 0.2) is 10.7 Å². The summed E-state index contributed by atoms with van der Waals surface area (Å²) in [5.74, 6) is 1.52. The van der Waals surface area contributed by atoms with E-state index in [9.17, 15) is 0 Å². The lowest BCUT2D eigenvalue weighted by Crippen LogP contribution is -2.16. The second kappa shape index (κ2) is 4.57. The van der Waals surface area contributed by atoms with Crippen LogP contribution in [0.1, 0.15) is 26.2 Å². The van der Waals surface area contributed by atoms with Crippen molar-refractivity contribution in [2.75, 3.05) is 24.2 Å². The molecule has 16 heavy (non-hydrogen) atoms. The summed E-state index contributed by atoms with van der Waals surface area (Å²) >= 11 is 3.45. The Morgan fingerprint density at radius 2 is 2.25 bits per heavy atom. The summed E-state index contributed by atoms with van der Waals surface area (Å²) in [7, 11) is 1.82. The smallest absolute Gasteiger partial charge is 0.224 e. The molecule has 1 saturated carbocycles. The second-order valence-electron chi connectivity index (χ2n) is 4.35. The maximum Gasteiger partial charge on any atom is 0.224 e. The zero-order chi connectivity index (χ0) is 11.6. The van der Waals surface area contributed by atoms with Crippen LogP contribution in [0.5, 0.6) is 0 Å². The van der Waals surface area contributed by atoms with E-state index in [4.69, 9.17) is 0 Å². The Hall–Kier alpha value is -0.840. The van der Waals surface area contributed by atoms with Crippen LogP contribution in [-0.4, -0.2) is 23.6 Å². The van der Waals surface area contributed by atoms with E-state index in [-0.39, 0.29) is 0 Å². The standard InChI is InChI=1S/C11H17BrN4/c1-3-11(4-5-11)7-15-9-8(12)6-14-10(13-2)16-9/h6H,3-5,7H2,1-2H3,(H2,13,14,15,16). The van der Waals surface area contributed by atoms with Crippen molar-refractivity contribution in [2.45, 2.75) is 26.2 Å². The molecule has 0 aliphatic heterocycles. The number of nitrogens with one attached hydrogen (secondary N) is 2. The highest BCUT2D eigenvalue weighted by atomic mass is 79.9. The monoisotopic (exact) mass is 284 g/mol. The van der Waals surface area contributed by atoms with Crippen LogP contribution >= 0.6 is 15.9 Å². The normalized spacial score (nSPS) is 16.9. The van der Waals surface area contributed by atoms with E-state index in [1.807, 2.05) is 7.05 Å². The van der Waals surface area contributed by atoms with Crippen LogP contribution in [-0.2, 0) is 0 Å². The zero-order valence-electron chi connectivity index (χ0n) is 9.68. The summed E-state index contributed by atoms with van der Waals surface area (Å²) in [6.07, 6.45) is 5.67. The van der Waals surface area contributed by atoms with E-state index < -0.39 is 0 Å². The van der Waals surface area contributed by atoms with Gasteiger partial charge in [-0.1, -0.05) is 6.92 Å². The lowest BCUT2D eigenvalue weighted by Gasteiger charge is -2.15. The van der Waals surface area contributed by atoms with E-state index in [0.717, 1.165) is 16.8 Å². The number of hydrogen-bond donors (Lipinski definition) is 2. The topological polar surface area (TPSA) is 49.8 Å². The Morgan fingerprint density at radius 1 is 1.50 bits per heavy atom. The van der Waals surface area contributed by atoms with Crippen LogP contribution in [0, 0.1) is 5.41 Å². The summed E-state index contributed by atoms with van der Waals surface area (Å²) in [5.41, 5.74) is 0.518. The number of hydrogen-bond acceptors (Lipinski definition) is 4. The molecule has 1 aromatic heterocycles. The fourth-order valence-corrected chi connectivity index (χ4v) is 2.05.